The van der Waals surface area contributed by atoms with Crippen LogP contribution in [0.2, 0.25) is 0 Å². The Morgan fingerprint density at radius 3 is 2.62 bits per heavy atom. The fraction of sp³-hybridized carbons (Fsp3) is 0.600. The second kappa shape index (κ2) is 10.1. The van der Waals surface area contributed by atoms with E-state index in [1.165, 1.54) is 35.9 Å². The molecule has 4 rings (SSSR count). The summed E-state index contributed by atoms with van der Waals surface area (Å²) in [5.74, 6) is -0.132. The summed E-state index contributed by atoms with van der Waals surface area (Å²) >= 11 is 0. The molecule has 2 heterocycles. The molecule has 2 aromatic rings. The molecule has 0 atom stereocenters. The molecule has 0 unspecified atom stereocenters. The lowest BCUT2D eigenvalue weighted by Gasteiger charge is -2.32. The van der Waals surface area contributed by atoms with Crippen LogP contribution in [0.25, 0.3) is 10.9 Å². The predicted molar refractivity (Wildman–Crippen MR) is 133 cm³/mol. The number of nitrogens with one attached hydrogen (secondary N) is 1. The van der Waals surface area contributed by atoms with Crippen molar-refractivity contribution in [3.8, 4) is 0 Å². The van der Waals surface area contributed by atoms with Gasteiger partial charge in [0.2, 0.25) is 15.9 Å². The molecule has 1 saturated carbocycles. The lowest BCUT2D eigenvalue weighted by atomic mass is 10.0. The summed E-state index contributed by atoms with van der Waals surface area (Å²) < 4.78 is 26.9. The first-order chi connectivity index (χ1) is 16.2. The van der Waals surface area contributed by atoms with E-state index >= 15 is 0 Å². The van der Waals surface area contributed by atoms with Crippen molar-refractivity contribution in [2.24, 2.45) is 0 Å². The van der Waals surface area contributed by atoms with Crippen molar-refractivity contribution in [1.82, 2.24) is 19.1 Å². The second-order valence-electron chi connectivity index (χ2n) is 9.63. The summed E-state index contributed by atoms with van der Waals surface area (Å²) in [6.07, 6.45) is 7.82. The van der Waals surface area contributed by atoms with Crippen molar-refractivity contribution in [2.45, 2.75) is 64.5 Å². The van der Waals surface area contributed by atoms with Gasteiger partial charge in [0.1, 0.15) is 0 Å². The molecule has 1 fully saturated rings. The van der Waals surface area contributed by atoms with Crippen LogP contribution in [0.3, 0.4) is 0 Å². The van der Waals surface area contributed by atoms with Crippen LogP contribution in [-0.2, 0) is 27.8 Å². The van der Waals surface area contributed by atoms with Crippen LogP contribution in [-0.4, -0.2) is 73.0 Å². The normalized spacial score (nSPS) is 17.1. The quantitative estimate of drug-likeness (QED) is 0.617. The molecule has 0 radical (unpaired) electrons. The van der Waals surface area contributed by atoms with Crippen molar-refractivity contribution in [1.29, 1.82) is 0 Å². The Bertz CT molecular complexity index is 1180. The highest BCUT2D eigenvalue weighted by molar-refractivity contribution is 7.89. The van der Waals surface area contributed by atoms with Gasteiger partial charge >= 0.3 is 0 Å². The topological polar surface area (TPSA) is 91.7 Å². The second-order valence-corrected chi connectivity index (χ2v) is 11.5. The van der Waals surface area contributed by atoms with Crippen molar-refractivity contribution in [3.05, 3.63) is 35.0 Å². The van der Waals surface area contributed by atoms with E-state index in [1.54, 1.807) is 24.1 Å². The highest BCUT2D eigenvalue weighted by atomic mass is 32.2. The lowest BCUT2D eigenvalue weighted by Crippen LogP contribution is -2.38. The van der Waals surface area contributed by atoms with Crippen molar-refractivity contribution >= 4 is 32.7 Å². The minimum Gasteiger partial charge on any atom is -0.356 e. The molecule has 34 heavy (non-hydrogen) atoms. The van der Waals surface area contributed by atoms with Gasteiger partial charge in [-0.15, -0.1) is 0 Å². The first-order valence-corrected chi connectivity index (χ1v) is 14.2. The van der Waals surface area contributed by atoms with Crippen LogP contribution in [0.4, 0.5) is 0 Å². The highest BCUT2D eigenvalue weighted by Crippen LogP contribution is 2.35. The molecule has 1 aromatic heterocycles. The number of fused-ring (bicyclic) bond motifs is 3. The van der Waals surface area contributed by atoms with Crippen molar-refractivity contribution < 1.29 is 18.0 Å². The Kier molecular flexibility index (Phi) is 7.33. The van der Waals surface area contributed by atoms with E-state index in [4.69, 9.17) is 0 Å². The van der Waals surface area contributed by atoms with E-state index in [0.717, 1.165) is 29.7 Å². The zero-order chi connectivity index (χ0) is 24.5. The van der Waals surface area contributed by atoms with Crippen LogP contribution >= 0.6 is 0 Å². The summed E-state index contributed by atoms with van der Waals surface area (Å²) in [5.41, 5.74) is 3.08. The molecule has 0 spiro atoms. The monoisotopic (exact) mass is 488 g/mol. The third kappa shape index (κ3) is 5.00. The minimum atomic E-state index is -3.47. The standard InChI is InChI=1S/C25H36N4O4S/c1-4-26-24(30)10-7-14-27(2)25(31)18-11-12-22-20(16-18)21-17-28(19-8-5-6-9-19)15-13-23(21)29(22)34(3,32)33/h11-12,16,19H,4-10,13-15,17H2,1-3H3,(H,26,30). The fourth-order valence-electron chi connectivity index (χ4n) is 5.52. The van der Waals surface area contributed by atoms with Crippen molar-refractivity contribution in [2.75, 3.05) is 32.9 Å². The van der Waals surface area contributed by atoms with Gasteiger partial charge < -0.3 is 10.2 Å². The van der Waals surface area contributed by atoms with E-state index in [-0.39, 0.29) is 11.8 Å². The lowest BCUT2D eigenvalue weighted by molar-refractivity contribution is -0.121. The SMILES string of the molecule is CCNC(=O)CCCN(C)C(=O)c1ccc2c(c1)c1c(n2S(C)(=O)=O)CCN(C2CCCC2)C1. The summed E-state index contributed by atoms with van der Waals surface area (Å²) in [5, 5.41) is 3.62. The van der Waals surface area contributed by atoms with Gasteiger partial charge in [-0.25, -0.2) is 12.4 Å². The van der Waals surface area contributed by atoms with E-state index < -0.39 is 10.0 Å². The van der Waals surface area contributed by atoms with Gasteiger partial charge in [-0.05, 0) is 49.9 Å². The van der Waals surface area contributed by atoms with E-state index in [0.29, 0.717) is 49.5 Å². The Hall–Kier alpha value is -2.39. The first-order valence-electron chi connectivity index (χ1n) is 12.3. The fourth-order valence-corrected chi connectivity index (χ4v) is 6.63. The summed E-state index contributed by atoms with van der Waals surface area (Å²) in [7, 11) is -1.73. The maximum absolute atomic E-state index is 13.1. The number of amides is 2. The predicted octanol–water partition coefficient (Wildman–Crippen LogP) is 2.74. The maximum atomic E-state index is 13.1. The van der Waals surface area contributed by atoms with Crippen LogP contribution in [0, 0.1) is 0 Å². The summed E-state index contributed by atoms with van der Waals surface area (Å²) in [4.78, 5) is 28.9. The Labute approximate surface area is 202 Å². The molecule has 0 bridgehead atoms. The molecule has 8 nitrogen and oxygen atoms in total. The number of nitrogens with zero attached hydrogens (tertiary/aromatic N) is 3. The molecular formula is C25H36N4O4S. The third-order valence-electron chi connectivity index (χ3n) is 7.17. The van der Waals surface area contributed by atoms with Crippen molar-refractivity contribution in [3.63, 3.8) is 0 Å². The molecule has 2 aliphatic rings. The molecule has 9 heteroatoms. The van der Waals surface area contributed by atoms with Gasteiger partial charge in [0.05, 0.1) is 11.8 Å². The van der Waals surface area contributed by atoms with E-state index in [9.17, 15) is 18.0 Å². The van der Waals surface area contributed by atoms with Gasteiger partial charge in [0.25, 0.3) is 5.91 Å². The zero-order valence-corrected chi connectivity index (χ0v) is 21.3. The van der Waals surface area contributed by atoms with E-state index in [2.05, 4.69) is 10.2 Å². The minimum absolute atomic E-state index is 0.00896. The smallest absolute Gasteiger partial charge is 0.253 e. The Morgan fingerprint density at radius 2 is 1.94 bits per heavy atom. The van der Waals surface area contributed by atoms with Crippen LogP contribution in [0.15, 0.2) is 18.2 Å². The number of carbonyl (C=O) groups is 2. The molecule has 0 saturated heterocycles. The largest absolute Gasteiger partial charge is 0.356 e. The molecular weight excluding hydrogens is 452 g/mol. The molecule has 2 amide bonds. The van der Waals surface area contributed by atoms with Gasteiger partial charge in [-0.3, -0.25) is 14.5 Å². The average Bonchev–Trinajstić information content (AvgIpc) is 3.44. The van der Waals surface area contributed by atoms with Gasteiger partial charge in [0.15, 0.2) is 0 Å². The van der Waals surface area contributed by atoms with Crippen LogP contribution < -0.4 is 5.32 Å². The zero-order valence-electron chi connectivity index (χ0n) is 20.5. The molecule has 186 valence electrons. The number of hydrogen-bond donors (Lipinski definition) is 1. The maximum Gasteiger partial charge on any atom is 0.253 e. The number of hydrogen-bond acceptors (Lipinski definition) is 5. The number of carbonyl (C=O) groups excluding carboxylic acids is 2. The average molecular weight is 489 g/mol. The molecule has 1 aliphatic carbocycles. The molecule has 1 aromatic carbocycles. The van der Waals surface area contributed by atoms with Gasteiger partial charge in [-0.2, -0.15) is 0 Å². The number of benzene rings is 1. The van der Waals surface area contributed by atoms with E-state index in [1.807, 2.05) is 13.0 Å². The van der Waals surface area contributed by atoms with Gasteiger partial charge in [-0.1, -0.05) is 12.8 Å². The van der Waals surface area contributed by atoms with Crippen LogP contribution in [0.1, 0.15) is 67.1 Å². The van der Waals surface area contributed by atoms with Crippen LogP contribution in [0.5, 0.6) is 0 Å². The highest BCUT2D eigenvalue weighted by Gasteiger charge is 2.32. The Balaban J connectivity index is 1.61. The molecule has 1 N–H and O–H groups in total. The molecule has 1 aliphatic heterocycles. The first kappa shape index (κ1) is 24.7. The third-order valence-corrected chi connectivity index (χ3v) is 8.25. The Morgan fingerprint density at radius 1 is 1.21 bits per heavy atom. The summed E-state index contributed by atoms with van der Waals surface area (Å²) in [6.45, 7) is 4.55. The number of rotatable bonds is 8. The van der Waals surface area contributed by atoms with Gasteiger partial charge in [0, 0.05) is 68.8 Å². The summed E-state index contributed by atoms with van der Waals surface area (Å²) in [6, 6.07) is 5.90. The number of aromatic nitrogens is 1.